The molecule has 0 radical (unpaired) electrons. The molecule has 23 heteroatoms. The van der Waals surface area contributed by atoms with Gasteiger partial charge in [-0.25, -0.2) is 34.4 Å². The molecule has 2 aliphatic heterocycles. The average Bonchev–Trinajstić information content (AvgIpc) is 3.09. The van der Waals surface area contributed by atoms with Crippen molar-refractivity contribution in [2.24, 2.45) is 0 Å². The quantitative estimate of drug-likeness (QED) is 0.122. The average molecular weight is 1070 g/mol. The van der Waals surface area contributed by atoms with Gasteiger partial charge in [-0.3, -0.25) is 0 Å². The number of alkyl halides is 4. The van der Waals surface area contributed by atoms with Crippen molar-refractivity contribution in [1.82, 2.24) is 9.62 Å². The van der Waals surface area contributed by atoms with Crippen LogP contribution in [0.15, 0.2) is 79.4 Å². The summed E-state index contributed by atoms with van der Waals surface area (Å²) in [5.41, 5.74) is 0. The minimum Gasteiger partial charge on any atom is -0.507 e. The molecule has 57 heavy (non-hydrogen) atoms. The summed E-state index contributed by atoms with van der Waals surface area (Å²) in [6.45, 7) is 0.244. The normalized spacial score (nSPS) is 16.7. The molecule has 2 saturated heterocycles. The number of phenolic OH excluding ortho intramolecular Hbond substituents is 2. The summed E-state index contributed by atoms with van der Waals surface area (Å²) in [6.07, 6.45) is -1.14. The van der Waals surface area contributed by atoms with E-state index in [1.807, 2.05) is 0 Å². The molecule has 0 unspecified atom stereocenters. The van der Waals surface area contributed by atoms with Crippen molar-refractivity contribution in [2.75, 3.05) is 26.2 Å². The van der Waals surface area contributed by atoms with Crippen molar-refractivity contribution < 1.29 is 54.1 Å². The highest BCUT2D eigenvalue weighted by Gasteiger charge is 2.39. The number of aromatic hydroxyl groups is 2. The van der Waals surface area contributed by atoms with Crippen molar-refractivity contribution in [1.29, 1.82) is 0 Å². The predicted molar refractivity (Wildman–Crippen MR) is 218 cm³/mol. The minimum absolute atomic E-state index is 0.00694. The SMILES string of the molecule is FC1(F)CCNCC1.O=S(=O)(Cl)c1cc(Oc2c(Cl)cc(Br)cc2Cl)ccc1O.O=S(=O)(c1cc(Oc2c(Cl)cc(Br)cc2Cl)ccc1O)N1CCC(F)(F)CC1. The van der Waals surface area contributed by atoms with Crippen LogP contribution in [0.2, 0.25) is 20.1 Å². The van der Waals surface area contributed by atoms with Crippen LogP contribution < -0.4 is 14.8 Å². The van der Waals surface area contributed by atoms with Gasteiger partial charge in [-0.2, -0.15) is 4.31 Å². The molecule has 0 amide bonds. The lowest BCUT2D eigenvalue weighted by Crippen LogP contribution is -2.42. The van der Waals surface area contributed by atoms with E-state index in [-0.39, 0.29) is 69.0 Å². The molecule has 4 aromatic carbocycles. The van der Waals surface area contributed by atoms with E-state index >= 15 is 0 Å². The number of nitrogens with zero attached hydrogens (tertiary/aromatic N) is 1. The molecule has 2 heterocycles. The van der Waals surface area contributed by atoms with Gasteiger partial charge in [0.25, 0.3) is 20.9 Å². The summed E-state index contributed by atoms with van der Waals surface area (Å²) in [4.78, 5) is -0.911. The van der Waals surface area contributed by atoms with Gasteiger partial charge in [-0.05, 0) is 48.5 Å². The molecular formula is C34H29Br2Cl5F4N2O8S2. The topological polar surface area (TPSA) is 142 Å². The maximum absolute atomic E-state index is 13.3. The van der Waals surface area contributed by atoms with Crippen LogP contribution in [0.25, 0.3) is 0 Å². The molecule has 2 fully saturated rings. The Morgan fingerprint density at radius 3 is 1.37 bits per heavy atom. The lowest BCUT2D eigenvalue weighted by atomic mass is 10.1. The third-order valence-electron chi connectivity index (χ3n) is 7.90. The predicted octanol–water partition coefficient (Wildman–Crippen LogP) is 11.9. The summed E-state index contributed by atoms with van der Waals surface area (Å²) in [5, 5.41) is 23.3. The van der Waals surface area contributed by atoms with Gasteiger partial charge in [0, 0.05) is 83.6 Å². The number of piperidine rings is 2. The Labute approximate surface area is 366 Å². The van der Waals surface area contributed by atoms with E-state index in [1.54, 1.807) is 24.3 Å². The number of rotatable bonds is 7. The lowest BCUT2D eigenvalue weighted by molar-refractivity contribution is -0.0412. The molecule has 2 aliphatic rings. The van der Waals surface area contributed by atoms with Crippen molar-refractivity contribution >= 4 is 108 Å². The van der Waals surface area contributed by atoms with E-state index in [4.69, 9.17) is 66.6 Å². The molecule has 3 N–H and O–H groups in total. The van der Waals surface area contributed by atoms with Gasteiger partial charge < -0.3 is 25.0 Å². The summed E-state index contributed by atoms with van der Waals surface area (Å²) < 4.78 is 113. The maximum Gasteiger partial charge on any atom is 0.265 e. The Kier molecular flexibility index (Phi) is 16.4. The molecule has 0 spiro atoms. The Hall–Kier alpha value is -1.97. The van der Waals surface area contributed by atoms with Crippen LogP contribution in [-0.4, -0.2) is 69.4 Å². The van der Waals surface area contributed by atoms with Gasteiger partial charge in [-0.15, -0.1) is 0 Å². The first-order chi connectivity index (χ1) is 26.4. The van der Waals surface area contributed by atoms with Crippen LogP contribution in [0, 0.1) is 0 Å². The Balaban J connectivity index is 0.000000217. The first-order valence-corrected chi connectivity index (χ1v) is 23.0. The van der Waals surface area contributed by atoms with Crippen LogP contribution in [0.3, 0.4) is 0 Å². The van der Waals surface area contributed by atoms with E-state index < -0.39 is 65.1 Å². The first-order valence-electron chi connectivity index (χ1n) is 16.1. The smallest absolute Gasteiger partial charge is 0.265 e. The molecule has 0 aromatic heterocycles. The zero-order chi connectivity index (χ0) is 42.5. The van der Waals surface area contributed by atoms with Crippen molar-refractivity contribution in [3.8, 4) is 34.5 Å². The van der Waals surface area contributed by atoms with Gasteiger partial charge in [0.15, 0.2) is 11.5 Å². The molecule has 312 valence electrons. The van der Waals surface area contributed by atoms with E-state index in [9.17, 15) is 44.6 Å². The highest BCUT2D eigenvalue weighted by molar-refractivity contribution is 9.10. The molecule has 0 bridgehead atoms. The summed E-state index contributed by atoms with van der Waals surface area (Å²) in [5.74, 6) is -5.84. The van der Waals surface area contributed by atoms with E-state index in [1.165, 1.54) is 12.1 Å². The fraction of sp³-hybridized carbons (Fsp3) is 0.294. The monoisotopic (exact) mass is 1070 g/mol. The summed E-state index contributed by atoms with van der Waals surface area (Å²) in [6, 6.07) is 13.4. The molecule has 4 aromatic rings. The zero-order valence-electron chi connectivity index (χ0n) is 28.7. The first kappa shape index (κ1) is 47.7. The number of nitrogens with one attached hydrogen (secondary N) is 1. The molecule has 6 rings (SSSR count). The molecule has 0 atom stereocenters. The highest BCUT2D eigenvalue weighted by Crippen LogP contribution is 2.42. The maximum atomic E-state index is 13.3. The van der Waals surface area contributed by atoms with E-state index in [0.29, 0.717) is 22.0 Å². The minimum atomic E-state index is -4.19. The molecule has 0 aliphatic carbocycles. The number of hydrogen-bond donors (Lipinski definition) is 3. The second-order valence-corrected chi connectivity index (χ2v) is 20.1. The Morgan fingerprint density at radius 2 is 1.00 bits per heavy atom. The van der Waals surface area contributed by atoms with Crippen LogP contribution in [0.1, 0.15) is 25.7 Å². The van der Waals surface area contributed by atoms with Gasteiger partial charge in [0.05, 0.1) is 20.1 Å². The second kappa shape index (κ2) is 19.6. The number of hydrogen-bond acceptors (Lipinski definition) is 9. The fourth-order valence-corrected chi connectivity index (χ4v) is 10.0. The Bertz CT molecular complexity index is 2270. The zero-order valence-corrected chi connectivity index (χ0v) is 37.3. The standard InChI is InChI=1S/C17H14BrCl2F2NO4S.C12H6BrCl3O4S.C5H9F2N/c18-10-7-12(19)16(13(20)8-10)27-11-1-2-14(24)15(9-11)28(25,26)23-5-3-17(21,22)4-6-23;13-6-3-8(14)12(9(15)4-6)20-7-1-2-10(17)11(5-7)21(16,18)19;6-5(7)1-3-8-4-2-5/h1-2,7-9,24H,3-6H2;1-5,17H;8H,1-4H2. The van der Waals surface area contributed by atoms with Gasteiger partial charge in [0.2, 0.25) is 10.0 Å². The third kappa shape index (κ3) is 13.5. The van der Waals surface area contributed by atoms with Crippen LogP contribution in [-0.2, 0) is 19.1 Å². The highest BCUT2D eigenvalue weighted by atomic mass is 79.9. The number of benzene rings is 4. The van der Waals surface area contributed by atoms with Crippen LogP contribution in [0.5, 0.6) is 34.5 Å². The number of phenols is 2. The molecule has 0 saturated carbocycles. The third-order valence-corrected chi connectivity index (χ3v) is 13.2. The van der Waals surface area contributed by atoms with Crippen molar-refractivity contribution in [3.63, 3.8) is 0 Å². The van der Waals surface area contributed by atoms with Gasteiger partial charge >= 0.3 is 0 Å². The fourth-order valence-electron chi connectivity index (χ4n) is 4.99. The van der Waals surface area contributed by atoms with Crippen LogP contribution in [0.4, 0.5) is 17.6 Å². The second-order valence-electron chi connectivity index (χ2n) is 12.2. The number of halogens is 11. The molecular weight excluding hydrogens is 1040 g/mol. The van der Waals surface area contributed by atoms with E-state index in [2.05, 4.69) is 37.2 Å². The van der Waals surface area contributed by atoms with Gasteiger partial charge in [-0.1, -0.05) is 78.3 Å². The van der Waals surface area contributed by atoms with Crippen LogP contribution >= 0.6 is 88.9 Å². The van der Waals surface area contributed by atoms with Crippen molar-refractivity contribution in [2.45, 2.75) is 47.3 Å². The van der Waals surface area contributed by atoms with E-state index in [0.717, 1.165) is 28.6 Å². The van der Waals surface area contributed by atoms with Crippen molar-refractivity contribution in [3.05, 3.63) is 89.7 Å². The number of ether oxygens (including phenoxy) is 2. The summed E-state index contributed by atoms with van der Waals surface area (Å²) in [7, 11) is -3.07. The largest absolute Gasteiger partial charge is 0.507 e. The Morgan fingerprint density at radius 1 is 0.632 bits per heavy atom. The number of sulfonamides is 1. The van der Waals surface area contributed by atoms with Gasteiger partial charge in [0.1, 0.15) is 32.8 Å². The molecule has 10 nitrogen and oxygen atoms in total. The lowest BCUT2D eigenvalue weighted by Gasteiger charge is -2.31. The summed E-state index contributed by atoms with van der Waals surface area (Å²) >= 11 is 30.7.